The number of thioether (sulfide) groups is 1. The van der Waals surface area contributed by atoms with Gasteiger partial charge in [0.1, 0.15) is 0 Å². The summed E-state index contributed by atoms with van der Waals surface area (Å²) in [7, 11) is 0. The van der Waals surface area contributed by atoms with Crippen LogP contribution in [0.3, 0.4) is 0 Å². The molecule has 2 rings (SSSR count). The zero-order chi connectivity index (χ0) is 12.1. The van der Waals surface area contributed by atoms with Gasteiger partial charge in [0.2, 0.25) is 0 Å². The molecule has 2 aromatic rings. The summed E-state index contributed by atoms with van der Waals surface area (Å²) in [6.45, 7) is 2.27. The summed E-state index contributed by atoms with van der Waals surface area (Å²) in [6.07, 6.45) is 2.35. The number of fused-ring (bicyclic) bond motifs is 1. The van der Waals surface area contributed by atoms with Crippen molar-refractivity contribution in [3.8, 4) is 0 Å². The maximum absolute atomic E-state index is 5.73. The van der Waals surface area contributed by atoms with Crippen LogP contribution in [0, 0.1) is 5.92 Å². The van der Waals surface area contributed by atoms with Crippen molar-refractivity contribution < 1.29 is 0 Å². The number of benzene rings is 1. The number of hydrogen-bond donors (Lipinski definition) is 1. The van der Waals surface area contributed by atoms with Crippen LogP contribution in [-0.2, 0) is 0 Å². The van der Waals surface area contributed by atoms with E-state index in [4.69, 9.17) is 11.6 Å². The zero-order valence-electron chi connectivity index (χ0n) is 10.1. The van der Waals surface area contributed by atoms with Gasteiger partial charge in [-0.15, -0.1) is 23.4 Å². The van der Waals surface area contributed by atoms with E-state index in [0.717, 1.165) is 24.0 Å². The van der Waals surface area contributed by atoms with Crippen molar-refractivity contribution in [3.63, 3.8) is 0 Å². The van der Waals surface area contributed by atoms with E-state index in [9.17, 15) is 0 Å². The van der Waals surface area contributed by atoms with Gasteiger partial charge in [-0.2, -0.15) is 0 Å². The normalized spacial score (nSPS) is 13.1. The van der Waals surface area contributed by atoms with Gasteiger partial charge in [-0.1, -0.05) is 25.1 Å². The van der Waals surface area contributed by atoms with Crippen LogP contribution in [0.25, 0.3) is 10.9 Å². The Labute approximate surface area is 112 Å². The fraction of sp³-hybridized carbons (Fsp3) is 0.429. The maximum atomic E-state index is 5.73. The Balaban J connectivity index is 1.86. The van der Waals surface area contributed by atoms with Crippen LogP contribution in [-0.4, -0.2) is 16.6 Å². The molecule has 1 N–H and O–H groups in total. The Bertz CT molecular complexity index is 433. The summed E-state index contributed by atoms with van der Waals surface area (Å²) >= 11 is 7.63. The first kappa shape index (κ1) is 12.8. The van der Waals surface area contributed by atoms with E-state index in [1.807, 2.05) is 11.8 Å². The molecule has 0 aliphatic heterocycles. The molecule has 0 fully saturated rings. The Morgan fingerprint density at radius 2 is 2.12 bits per heavy atom. The predicted molar refractivity (Wildman–Crippen MR) is 78.1 cm³/mol. The van der Waals surface area contributed by atoms with Crippen LogP contribution in [0.1, 0.15) is 19.8 Å². The number of aromatic nitrogens is 1. The lowest BCUT2D eigenvalue weighted by molar-refractivity contribution is 0.552. The molecule has 1 aromatic heterocycles. The van der Waals surface area contributed by atoms with Crippen LogP contribution in [0.5, 0.6) is 0 Å². The fourth-order valence-electron chi connectivity index (χ4n) is 1.83. The van der Waals surface area contributed by atoms with Crippen molar-refractivity contribution >= 4 is 34.3 Å². The third kappa shape index (κ3) is 3.68. The average molecular weight is 268 g/mol. The third-order valence-electron chi connectivity index (χ3n) is 2.98. The molecule has 0 amide bonds. The SMILES string of the molecule is CC(CCCl)CCSc1cc2ccccc2[nH]1. The molecule has 0 radical (unpaired) electrons. The minimum Gasteiger partial charge on any atom is -0.350 e. The fourth-order valence-corrected chi connectivity index (χ4v) is 3.33. The lowest BCUT2D eigenvalue weighted by Crippen LogP contribution is -1.97. The topological polar surface area (TPSA) is 15.8 Å². The number of halogens is 1. The number of nitrogens with one attached hydrogen (secondary N) is 1. The van der Waals surface area contributed by atoms with Gasteiger partial charge in [-0.3, -0.25) is 0 Å². The van der Waals surface area contributed by atoms with Crippen LogP contribution in [0.15, 0.2) is 35.4 Å². The molecule has 1 atom stereocenters. The molecule has 1 aromatic carbocycles. The number of hydrogen-bond acceptors (Lipinski definition) is 1. The molecule has 1 nitrogen and oxygen atoms in total. The summed E-state index contributed by atoms with van der Waals surface area (Å²) in [5, 5.41) is 2.56. The highest BCUT2D eigenvalue weighted by molar-refractivity contribution is 7.99. The van der Waals surface area contributed by atoms with Crippen molar-refractivity contribution in [2.75, 3.05) is 11.6 Å². The van der Waals surface area contributed by atoms with E-state index < -0.39 is 0 Å². The van der Waals surface area contributed by atoms with Crippen molar-refractivity contribution in [1.29, 1.82) is 0 Å². The predicted octanol–water partition coefficient (Wildman–Crippen LogP) is 4.92. The number of para-hydroxylation sites is 1. The molecule has 1 heterocycles. The van der Waals surface area contributed by atoms with E-state index in [1.165, 1.54) is 22.3 Å². The summed E-state index contributed by atoms with van der Waals surface area (Å²) in [4.78, 5) is 3.44. The summed E-state index contributed by atoms with van der Waals surface area (Å²) in [6, 6.07) is 10.6. The van der Waals surface area contributed by atoms with Gasteiger partial charge >= 0.3 is 0 Å². The Morgan fingerprint density at radius 1 is 1.29 bits per heavy atom. The molecule has 0 spiro atoms. The Kier molecular flexibility index (Phi) is 4.81. The maximum Gasteiger partial charge on any atom is 0.0732 e. The third-order valence-corrected chi connectivity index (χ3v) is 4.16. The molecule has 0 saturated carbocycles. The molecular weight excluding hydrogens is 250 g/mol. The smallest absolute Gasteiger partial charge is 0.0732 e. The van der Waals surface area contributed by atoms with Crippen LogP contribution >= 0.6 is 23.4 Å². The standard InChI is InChI=1S/C14H18ClNS/c1-11(6-8-15)7-9-17-14-10-12-4-2-3-5-13(12)16-14/h2-5,10-11,16H,6-9H2,1H3. The van der Waals surface area contributed by atoms with Gasteiger partial charge in [0.25, 0.3) is 0 Å². The van der Waals surface area contributed by atoms with Gasteiger partial charge < -0.3 is 4.98 Å². The highest BCUT2D eigenvalue weighted by Crippen LogP contribution is 2.25. The van der Waals surface area contributed by atoms with Crippen molar-refractivity contribution in [3.05, 3.63) is 30.3 Å². The van der Waals surface area contributed by atoms with E-state index in [-0.39, 0.29) is 0 Å². The lowest BCUT2D eigenvalue weighted by atomic mass is 10.1. The van der Waals surface area contributed by atoms with E-state index >= 15 is 0 Å². The van der Waals surface area contributed by atoms with Crippen LogP contribution in [0.2, 0.25) is 0 Å². The minimum atomic E-state index is 0.726. The Morgan fingerprint density at radius 3 is 2.88 bits per heavy atom. The second-order valence-electron chi connectivity index (χ2n) is 4.44. The van der Waals surface area contributed by atoms with Crippen LogP contribution < -0.4 is 0 Å². The molecule has 1 unspecified atom stereocenters. The summed E-state index contributed by atoms with van der Waals surface area (Å²) < 4.78 is 0. The van der Waals surface area contributed by atoms with Crippen molar-refractivity contribution in [2.24, 2.45) is 5.92 Å². The van der Waals surface area contributed by atoms with Crippen molar-refractivity contribution in [2.45, 2.75) is 24.8 Å². The molecule has 92 valence electrons. The quantitative estimate of drug-likeness (QED) is 0.580. The summed E-state index contributed by atoms with van der Waals surface area (Å²) in [5.74, 6) is 2.66. The van der Waals surface area contributed by atoms with Gasteiger partial charge in [0.05, 0.1) is 5.03 Å². The van der Waals surface area contributed by atoms with Gasteiger partial charge in [-0.05, 0) is 36.6 Å². The van der Waals surface area contributed by atoms with E-state index in [1.54, 1.807) is 0 Å². The highest BCUT2D eigenvalue weighted by Gasteiger charge is 2.03. The second kappa shape index (κ2) is 6.36. The number of alkyl halides is 1. The number of rotatable bonds is 6. The molecule has 0 aliphatic rings. The summed E-state index contributed by atoms with van der Waals surface area (Å²) in [5.41, 5.74) is 1.23. The second-order valence-corrected chi connectivity index (χ2v) is 5.96. The molecule has 17 heavy (non-hydrogen) atoms. The lowest BCUT2D eigenvalue weighted by Gasteiger charge is -2.07. The van der Waals surface area contributed by atoms with E-state index in [2.05, 4.69) is 42.2 Å². The molecule has 3 heteroatoms. The first-order valence-electron chi connectivity index (χ1n) is 6.06. The average Bonchev–Trinajstić information content (AvgIpc) is 2.71. The van der Waals surface area contributed by atoms with E-state index in [0.29, 0.717) is 0 Å². The minimum absolute atomic E-state index is 0.726. The van der Waals surface area contributed by atoms with Gasteiger partial charge in [-0.25, -0.2) is 0 Å². The Hall–Kier alpha value is -0.600. The monoisotopic (exact) mass is 267 g/mol. The number of aromatic amines is 1. The first-order valence-corrected chi connectivity index (χ1v) is 7.58. The van der Waals surface area contributed by atoms with Crippen molar-refractivity contribution in [1.82, 2.24) is 4.98 Å². The first-order chi connectivity index (χ1) is 8.29. The molecular formula is C14H18ClNS. The van der Waals surface area contributed by atoms with Crippen LogP contribution in [0.4, 0.5) is 0 Å². The molecule has 0 bridgehead atoms. The zero-order valence-corrected chi connectivity index (χ0v) is 11.7. The number of H-pyrrole nitrogens is 1. The van der Waals surface area contributed by atoms with Gasteiger partial charge in [0.15, 0.2) is 0 Å². The highest BCUT2D eigenvalue weighted by atomic mass is 35.5. The molecule has 0 saturated heterocycles. The largest absolute Gasteiger partial charge is 0.350 e. The molecule has 0 aliphatic carbocycles. The van der Waals surface area contributed by atoms with Gasteiger partial charge in [0, 0.05) is 16.8 Å².